The highest BCUT2D eigenvalue weighted by Crippen LogP contribution is 2.28. The highest BCUT2D eigenvalue weighted by molar-refractivity contribution is 5.83. The standard InChI is InChI=1S/C21H22FN7O3/c1-31-12-16-17(14-2-4-15(22)5-3-14)19-25-24-18-20(29(19)26-16)23-13-28(21(18)30)7-6-27-8-10-32-11-9-27/h2-5,13H,6-12H2,1H3. The van der Waals surface area contributed by atoms with Gasteiger partial charge in [0.25, 0.3) is 5.56 Å². The number of halogens is 1. The molecule has 5 rings (SSSR count). The first-order chi connectivity index (χ1) is 15.7. The molecule has 0 atom stereocenters. The molecule has 0 spiro atoms. The molecule has 1 saturated heterocycles. The third-order valence-corrected chi connectivity index (χ3v) is 5.55. The summed E-state index contributed by atoms with van der Waals surface area (Å²) in [6, 6.07) is 6.04. The fourth-order valence-electron chi connectivity index (χ4n) is 3.89. The van der Waals surface area contributed by atoms with E-state index in [0.29, 0.717) is 42.3 Å². The predicted molar refractivity (Wildman–Crippen MR) is 114 cm³/mol. The summed E-state index contributed by atoms with van der Waals surface area (Å²) in [6.07, 6.45) is 1.52. The van der Waals surface area contributed by atoms with Crippen molar-refractivity contribution >= 4 is 16.8 Å². The molecule has 0 unspecified atom stereocenters. The van der Waals surface area contributed by atoms with Crippen LogP contribution in [0.2, 0.25) is 0 Å². The van der Waals surface area contributed by atoms with E-state index < -0.39 is 0 Å². The van der Waals surface area contributed by atoms with Crippen molar-refractivity contribution in [1.82, 2.24) is 34.3 Å². The number of hydrogen-bond donors (Lipinski definition) is 0. The summed E-state index contributed by atoms with van der Waals surface area (Å²) in [7, 11) is 1.56. The van der Waals surface area contributed by atoms with E-state index in [1.165, 1.54) is 23.0 Å². The van der Waals surface area contributed by atoms with Crippen LogP contribution in [-0.4, -0.2) is 74.2 Å². The molecule has 0 N–H and O–H groups in total. The molecule has 0 radical (unpaired) electrons. The number of rotatable bonds is 6. The number of fused-ring (bicyclic) bond motifs is 3. The van der Waals surface area contributed by atoms with E-state index in [0.717, 1.165) is 25.2 Å². The van der Waals surface area contributed by atoms with Crippen LogP contribution in [0.3, 0.4) is 0 Å². The first-order valence-corrected chi connectivity index (χ1v) is 10.3. The van der Waals surface area contributed by atoms with Gasteiger partial charge in [0.1, 0.15) is 12.1 Å². The minimum atomic E-state index is -0.339. The molecule has 1 fully saturated rings. The molecule has 4 heterocycles. The molecule has 32 heavy (non-hydrogen) atoms. The van der Waals surface area contributed by atoms with Crippen LogP contribution < -0.4 is 5.56 Å². The van der Waals surface area contributed by atoms with Gasteiger partial charge in [-0.05, 0) is 17.7 Å². The Morgan fingerprint density at radius 2 is 1.88 bits per heavy atom. The Hall–Kier alpha value is -3.28. The fraction of sp³-hybridized carbons (Fsp3) is 0.381. The van der Waals surface area contributed by atoms with Crippen LogP contribution in [0.5, 0.6) is 0 Å². The lowest BCUT2D eigenvalue weighted by atomic mass is 10.1. The zero-order valence-corrected chi connectivity index (χ0v) is 17.6. The average molecular weight is 439 g/mol. The first kappa shape index (κ1) is 20.6. The van der Waals surface area contributed by atoms with Gasteiger partial charge in [0.05, 0.1) is 31.1 Å². The zero-order chi connectivity index (χ0) is 22.1. The number of aromatic nitrogens is 6. The minimum Gasteiger partial charge on any atom is -0.379 e. The third-order valence-electron chi connectivity index (χ3n) is 5.55. The summed E-state index contributed by atoms with van der Waals surface area (Å²) >= 11 is 0. The van der Waals surface area contributed by atoms with Gasteiger partial charge in [0.2, 0.25) is 0 Å². The van der Waals surface area contributed by atoms with Gasteiger partial charge in [0.15, 0.2) is 16.8 Å². The summed E-state index contributed by atoms with van der Waals surface area (Å²) in [5, 5.41) is 13.1. The molecule has 10 nitrogen and oxygen atoms in total. The summed E-state index contributed by atoms with van der Waals surface area (Å²) in [6.45, 7) is 4.53. The van der Waals surface area contributed by atoms with E-state index in [-0.39, 0.29) is 23.5 Å². The van der Waals surface area contributed by atoms with Crippen molar-refractivity contribution in [2.75, 3.05) is 40.0 Å². The van der Waals surface area contributed by atoms with Gasteiger partial charge < -0.3 is 9.47 Å². The monoisotopic (exact) mass is 439 g/mol. The van der Waals surface area contributed by atoms with E-state index in [1.807, 2.05) is 0 Å². The van der Waals surface area contributed by atoms with E-state index in [1.54, 1.807) is 23.8 Å². The molecule has 0 amide bonds. The number of ether oxygens (including phenoxy) is 2. The van der Waals surface area contributed by atoms with Crippen LogP contribution >= 0.6 is 0 Å². The van der Waals surface area contributed by atoms with Crippen LogP contribution in [0.15, 0.2) is 35.4 Å². The lowest BCUT2D eigenvalue weighted by Gasteiger charge is -2.26. The summed E-state index contributed by atoms with van der Waals surface area (Å²) in [5.74, 6) is -0.339. The van der Waals surface area contributed by atoms with Gasteiger partial charge in [-0.2, -0.15) is 9.61 Å². The van der Waals surface area contributed by atoms with Crippen LogP contribution in [0.25, 0.3) is 27.9 Å². The summed E-state index contributed by atoms with van der Waals surface area (Å²) < 4.78 is 27.1. The number of hydrogen-bond acceptors (Lipinski definition) is 8. The second kappa shape index (κ2) is 8.69. The maximum Gasteiger partial charge on any atom is 0.283 e. The number of methoxy groups -OCH3 is 1. The number of nitrogens with zero attached hydrogens (tertiary/aromatic N) is 7. The van der Waals surface area contributed by atoms with Crippen LogP contribution in [0, 0.1) is 5.82 Å². The maximum absolute atomic E-state index is 13.4. The Morgan fingerprint density at radius 1 is 1.09 bits per heavy atom. The molecule has 0 saturated carbocycles. The van der Waals surface area contributed by atoms with E-state index >= 15 is 0 Å². The van der Waals surface area contributed by atoms with Crippen molar-refractivity contribution < 1.29 is 13.9 Å². The SMILES string of the molecule is COCc1nn2c(nnc3c(=O)n(CCN4CCOCC4)cnc32)c1-c1ccc(F)cc1. The lowest BCUT2D eigenvalue weighted by Crippen LogP contribution is -2.39. The van der Waals surface area contributed by atoms with Gasteiger partial charge in [-0.1, -0.05) is 12.1 Å². The Kier molecular flexibility index (Phi) is 5.60. The molecule has 166 valence electrons. The molecular formula is C21H22FN7O3. The van der Waals surface area contributed by atoms with Gasteiger partial charge >= 0.3 is 0 Å². The fourth-order valence-corrected chi connectivity index (χ4v) is 3.89. The van der Waals surface area contributed by atoms with E-state index in [4.69, 9.17) is 9.47 Å². The second-order valence-corrected chi connectivity index (χ2v) is 7.57. The Morgan fingerprint density at radius 3 is 2.62 bits per heavy atom. The van der Waals surface area contributed by atoms with Crippen molar-refractivity contribution in [2.45, 2.75) is 13.2 Å². The average Bonchev–Trinajstić information content (AvgIpc) is 3.18. The Bertz CT molecular complexity index is 1310. The van der Waals surface area contributed by atoms with Gasteiger partial charge in [-0.15, -0.1) is 10.2 Å². The van der Waals surface area contributed by atoms with Crippen molar-refractivity contribution in [2.24, 2.45) is 0 Å². The van der Waals surface area contributed by atoms with E-state index in [2.05, 4.69) is 25.2 Å². The zero-order valence-electron chi connectivity index (χ0n) is 17.6. The highest BCUT2D eigenvalue weighted by atomic mass is 19.1. The van der Waals surface area contributed by atoms with Gasteiger partial charge in [0, 0.05) is 33.3 Å². The molecular weight excluding hydrogens is 417 g/mol. The van der Waals surface area contributed by atoms with Gasteiger partial charge in [-0.25, -0.2) is 9.37 Å². The van der Waals surface area contributed by atoms with E-state index in [9.17, 15) is 9.18 Å². The highest BCUT2D eigenvalue weighted by Gasteiger charge is 2.20. The Labute approximate surface area is 182 Å². The van der Waals surface area contributed by atoms with Crippen LogP contribution in [0.4, 0.5) is 4.39 Å². The number of benzene rings is 1. The van der Waals surface area contributed by atoms with Crippen molar-refractivity contribution in [3.8, 4) is 11.1 Å². The predicted octanol–water partition coefficient (Wildman–Crippen LogP) is 1.12. The molecule has 0 bridgehead atoms. The number of morpholine rings is 1. The first-order valence-electron chi connectivity index (χ1n) is 10.3. The molecule has 4 aromatic rings. The topological polar surface area (TPSA) is 99.7 Å². The van der Waals surface area contributed by atoms with Crippen molar-refractivity contribution in [1.29, 1.82) is 0 Å². The third kappa shape index (κ3) is 3.74. The second-order valence-electron chi connectivity index (χ2n) is 7.57. The maximum atomic E-state index is 13.4. The largest absolute Gasteiger partial charge is 0.379 e. The van der Waals surface area contributed by atoms with Crippen molar-refractivity contribution in [3.63, 3.8) is 0 Å². The quantitative estimate of drug-likeness (QED) is 0.441. The minimum absolute atomic E-state index is 0.138. The molecule has 1 aliphatic heterocycles. The molecule has 0 aliphatic carbocycles. The lowest BCUT2D eigenvalue weighted by molar-refractivity contribution is 0.0362. The smallest absolute Gasteiger partial charge is 0.283 e. The van der Waals surface area contributed by atoms with Crippen LogP contribution in [0.1, 0.15) is 5.69 Å². The van der Waals surface area contributed by atoms with Crippen LogP contribution in [-0.2, 0) is 22.6 Å². The Balaban J connectivity index is 1.57. The van der Waals surface area contributed by atoms with Crippen molar-refractivity contribution in [3.05, 3.63) is 52.5 Å². The molecule has 11 heteroatoms. The molecule has 3 aromatic heterocycles. The molecule has 1 aromatic carbocycles. The summed E-state index contributed by atoms with van der Waals surface area (Å²) in [5.41, 5.74) is 2.59. The molecule has 1 aliphatic rings. The summed E-state index contributed by atoms with van der Waals surface area (Å²) in [4.78, 5) is 19.8. The van der Waals surface area contributed by atoms with Gasteiger partial charge in [-0.3, -0.25) is 14.3 Å². The normalized spacial score (nSPS) is 15.1.